The van der Waals surface area contributed by atoms with Gasteiger partial charge in [0.1, 0.15) is 12.5 Å². The summed E-state index contributed by atoms with van der Waals surface area (Å²) < 4.78 is 0. The second-order valence-electron chi connectivity index (χ2n) is 2.14. The summed E-state index contributed by atoms with van der Waals surface area (Å²) in [4.78, 5) is 2.10. The van der Waals surface area contributed by atoms with Crippen molar-refractivity contribution in [1.82, 2.24) is 9.91 Å². The fourth-order valence-corrected chi connectivity index (χ4v) is 0.764. The molecule has 0 spiro atoms. The summed E-state index contributed by atoms with van der Waals surface area (Å²) >= 11 is 0. The first-order chi connectivity index (χ1) is 4.70. The van der Waals surface area contributed by atoms with Crippen LogP contribution >= 0.6 is 0 Å². The summed E-state index contributed by atoms with van der Waals surface area (Å²) in [6.07, 6.45) is 0. The normalized spacial score (nSPS) is 16.3. The van der Waals surface area contributed by atoms with Gasteiger partial charge in [0.2, 0.25) is 0 Å². The van der Waals surface area contributed by atoms with Gasteiger partial charge >= 0.3 is 0 Å². The number of hydrazone groups is 1. The highest BCUT2D eigenvalue weighted by atomic mass is 15.6. The van der Waals surface area contributed by atoms with E-state index < -0.39 is 0 Å². The summed E-state index contributed by atoms with van der Waals surface area (Å²) in [7, 11) is 4.00. The van der Waals surface area contributed by atoms with Gasteiger partial charge in [0, 0.05) is 14.1 Å². The molecule has 0 aromatic rings. The van der Waals surface area contributed by atoms with Crippen LogP contribution in [0.1, 0.15) is 20.8 Å². The smallest absolute Gasteiger partial charge is 0.123 e. The SMILES string of the molecule is CC.CC1=NN(C)CN1C. The van der Waals surface area contributed by atoms with E-state index in [-0.39, 0.29) is 0 Å². The van der Waals surface area contributed by atoms with Crippen molar-refractivity contribution in [2.24, 2.45) is 5.10 Å². The molecule has 1 aliphatic rings. The molecule has 0 atom stereocenters. The molecule has 0 saturated carbocycles. The molecule has 0 aromatic carbocycles. The Morgan fingerprint density at radius 3 is 1.90 bits per heavy atom. The van der Waals surface area contributed by atoms with Crippen LogP contribution in [0.4, 0.5) is 0 Å². The minimum absolute atomic E-state index is 0.922. The van der Waals surface area contributed by atoms with Gasteiger partial charge in [-0.3, -0.25) is 5.01 Å². The summed E-state index contributed by atoms with van der Waals surface area (Å²) in [6, 6.07) is 0. The summed E-state index contributed by atoms with van der Waals surface area (Å²) in [5, 5.41) is 6.06. The highest BCUT2D eigenvalue weighted by Crippen LogP contribution is 2.00. The first-order valence-electron chi connectivity index (χ1n) is 3.67. The van der Waals surface area contributed by atoms with Gasteiger partial charge in [-0.15, -0.1) is 0 Å². The van der Waals surface area contributed by atoms with Gasteiger partial charge in [-0.2, -0.15) is 5.10 Å². The van der Waals surface area contributed by atoms with E-state index in [2.05, 4.69) is 10.0 Å². The van der Waals surface area contributed by atoms with Crippen molar-refractivity contribution in [1.29, 1.82) is 0 Å². The molecule has 10 heavy (non-hydrogen) atoms. The van der Waals surface area contributed by atoms with E-state index >= 15 is 0 Å². The van der Waals surface area contributed by atoms with Crippen LogP contribution in [0.5, 0.6) is 0 Å². The van der Waals surface area contributed by atoms with Gasteiger partial charge in [-0.05, 0) is 6.92 Å². The van der Waals surface area contributed by atoms with Crippen molar-refractivity contribution in [3.05, 3.63) is 0 Å². The highest BCUT2D eigenvalue weighted by Gasteiger charge is 2.09. The van der Waals surface area contributed by atoms with E-state index in [4.69, 9.17) is 0 Å². The molecule has 1 rings (SSSR count). The first-order valence-corrected chi connectivity index (χ1v) is 3.67. The quantitative estimate of drug-likeness (QED) is 0.507. The molecule has 1 heterocycles. The Morgan fingerprint density at radius 1 is 1.30 bits per heavy atom. The zero-order valence-electron chi connectivity index (χ0n) is 7.55. The van der Waals surface area contributed by atoms with Crippen molar-refractivity contribution in [2.75, 3.05) is 20.8 Å². The van der Waals surface area contributed by atoms with Crippen molar-refractivity contribution in [3.63, 3.8) is 0 Å². The molecule has 0 bridgehead atoms. The van der Waals surface area contributed by atoms with Gasteiger partial charge < -0.3 is 4.90 Å². The molecule has 0 aliphatic carbocycles. The first kappa shape index (κ1) is 9.27. The van der Waals surface area contributed by atoms with Crippen LogP contribution in [-0.2, 0) is 0 Å². The van der Waals surface area contributed by atoms with Crippen molar-refractivity contribution in [2.45, 2.75) is 20.8 Å². The molecule has 0 N–H and O–H groups in total. The molecule has 0 aromatic heterocycles. The molecular formula is C7H17N3. The standard InChI is InChI=1S/C5H11N3.C2H6/c1-5-6-8(3)4-7(5)2;1-2/h4H2,1-3H3;1-2H3. The summed E-state index contributed by atoms with van der Waals surface area (Å²) in [6.45, 7) is 6.93. The maximum atomic E-state index is 4.15. The third-order valence-electron chi connectivity index (χ3n) is 1.28. The predicted octanol–water partition coefficient (Wildman–Crippen LogP) is 1.18. The van der Waals surface area contributed by atoms with Crippen molar-refractivity contribution >= 4 is 5.84 Å². The molecule has 3 heteroatoms. The van der Waals surface area contributed by atoms with E-state index in [9.17, 15) is 0 Å². The molecule has 60 valence electrons. The lowest BCUT2D eigenvalue weighted by Gasteiger charge is -2.10. The lowest BCUT2D eigenvalue weighted by Crippen LogP contribution is -2.23. The number of amidine groups is 1. The largest absolute Gasteiger partial charge is 0.343 e. The van der Waals surface area contributed by atoms with Crippen LogP contribution in [0, 0.1) is 0 Å². The predicted molar refractivity (Wildman–Crippen MR) is 44.9 cm³/mol. The Hall–Kier alpha value is -0.730. The molecule has 0 fully saturated rings. The third kappa shape index (κ3) is 2.25. The van der Waals surface area contributed by atoms with E-state index in [1.54, 1.807) is 0 Å². The Kier molecular flexibility index (Phi) is 3.84. The number of hydrogen-bond acceptors (Lipinski definition) is 3. The summed E-state index contributed by atoms with van der Waals surface area (Å²) in [5.74, 6) is 1.09. The molecule has 0 saturated heterocycles. The fourth-order valence-electron chi connectivity index (χ4n) is 0.764. The lowest BCUT2D eigenvalue weighted by atomic mass is 10.6. The van der Waals surface area contributed by atoms with Gasteiger partial charge in [0.15, 0.2) is 0 Å². The Morgan fingerprint density at radius 2 is 1.80 bits per heavy atom. The minimum atomic E-state index is 0.922. The Bertz CT molecular complexity index is 120. The number of hydrogen-bond donors (Lipinski definition) is 0. The minimum Gasteiger partial charge on any atom is -0.343 e. The van der Waals surface area contributed by atoms with Gasteiger partial charge in [0.25, 0.3) is 0 Å². The molecule has 1 aliphatic heterocycles. The second-order valence-corrected chi connectivity index (χ2v) is 2.14. The van der Waals surface area contributed by atoms with Crippen LogP contribution in [-0.4, -0.2) is 36.5 Å². The molecule has 0 radical (unpaired) electrons. The van der Waals surface area contributed by atoms with Gasteiger partial charge in [-0.1, -0.05) is 13.8 Å². The maximum absolute atomic E-state index is 4.15. The Balaban J connectivity index is 0.000000371. The van der Waals surface area contributed by atoms with E-state index in [0.29, 0.717) is 0 Å². The average Bonchev–Trinajstić information content (AvgIpc) is 2.16. The molecule has 0 amide bonds. The van der Waals surface area contributed by atoms with E-state index in [0.717, 1.165) is 12.5 Å². The second kappa shape index (κ2) is 4.14. The van der Waals surface area contributed by atoms with E-state index in [1.807, 2.05) is 39.9 Å². The molecule has 3 nitrogen and oxygen atoms in total. The van der Waals surface area contributed by atoms with Gasteiger partial charge in [0.05, 0.1) is 0 Å². The monoisotopic (exact) mass is 143 g/mol. The zero-order chi connectivity index (χ0) is 8.15. The van der Waals surface area contributed by atoms with Crippen LogP contribution in [0.15, 0.2) is 5.10 Å². The molecule has 0 unspecified atom stereocenters. The van der Waals surface area contributed by atoms with Crippen LogP contribution in [0.25, 0.3) is 0 Å². The Labute approximate surface area is 63.3 Å². The maximum Gasteiger partial charge on any atom is 0.123 e. The topological polar surface area (TPSA) is 18.8 Å². The van der Waals surface area contributed by atoms with Crippen LogP contribution in [0.3, 0.4) is 0 Å². The van der Waals surface area contributed by atoms with E-state index in [1.165, 1.54) is 0 Å². The zero-order valence-corrected chi connectivity index (χ0v) is 7.55. The summed E-state index contributed by atoms with van der Waals surface area (Å²) in [5.41, 5.74) is 0. The van der Waals surface area contributed by atoms with Crippen LogP contribution in [0.2, 0.25) is 0 Å². The fraction of sp³-hybridized carbons (Fsp3) is 0.857. The third-order valence-corrected chi connectivity index (χ3v) is 1.28. The van der Waals surface area contributed by atoms with Crippen molar-refractivity contribution in [3.8, 4) is 0 Å². The van der Waals surface area contributed by atoms with Crippen molar-refractivity contribution < 1.29 is 0 Å². The van der Waals surface area contributed by atoms with Crippen LogP contribution < -0.4 is 0 Å². The number of rotatable bonds is 0. The number of nitrogens with zero attached hydrogens (tertiary/aromatic N) is 3. The highest BCUT2D eigenvalue weighted by molar-refractivity contribution is 5.80. The average molecular weight is 143 g/mol. The molecular weight excluding hydrogens is 126 g/mol. The van der Waals surface area contributed by atoms with Gasteiger partial charge in [-0.25, -0.2) is 0 Å². The lowest BCUT2D eigenvalue weighted by molar-refractivity contribution is 0.302.